The van der Waals surface area contributed by atoms with E-state index in [9.17, 15) is 14.4 Å². The normalized spacial score (nSPS) is 28.1. The summed E-state index contributed by atoms with van der Waals surface area (Å²) in [5.41, 5.74) is 1.12. The van der Waals surface area contributed by atoms with E-state index in [0.717, 1.165) is 17.0 Å². The third-order valence-electron chi connectivity index (χ3n) is 5.99. The second kappa shape index (κ2) is 6.68. The van der Waals surface area contributed by atoms with E-state index in [4.69, 9.17) is 9.47 Å². The molecule has 1 saturated carbocycles. The summed E-state index contributed by atoms with van der Waals surface area (Å²) in [4.78, 5) is 44.4. The Morgan fingerprint density at radius 1 is 1.21 bits per heavy atom. The molecule has 3 aliphatic rings. The first-order chi connectivity index (χ1) is 13.7. The molecule has 2 heterocycles. The number of methoxy groups -OCH3 is 1. The third kappa shape index (κ3) is 3.03. The van der Waals surface area contributed by atoms with Crippen LogP contribution in [0.5, 0.6) is 0 Å². The van der Waals surface area contributed by atoms with Crippen LogP contribution in [0.15, 0.2) is 29.3 Å². The summed E-state index contributed by atoms with van der Waals surface area (Å²) in [6, 6.07) is 6.53. The van der Waals surface area contributed by atoms with E-state index in [-0.39, 0.29) is 12.2 Å². The second-order valence-electron chi connectivity index (χ2n) is 8.92. The molecule has 0 radical (unpaired) electrons. The van der Waals surface area contributed by atoms with Crippen molar-refractivity contribution in [1.82, 2.24) is 0 Å². The largest absolute Gasteiger partial charge is 0.467 e. The number of ether oxygens (including phenoxy) is 2. The van der Waals surface area contributed by atoms with Gasteiger partial charge in [0, 0.05) is 18.6 Å². The van der Waals surface area contributed by atoms with E-state index < -0.39 is 35.2 Å². The minimum atomic E-state index is -0.669. The van der Waals surface area contributed by atoms with Crippen molar-refractivity contribution in [3.8, 4) is 0 Å². The Bertz CT molecular complexity index is 916. The number of benzene rings is 1. The average molecular weight is 398 g/mol. The number of hydrogen-bond donors (Lipinski definition) is 0. The van der Waals surface area contributed by atoms with Crippen LogP contribution in [0.25, 0.3) is 0 Å². The molecule has 1 aromatic rings. The van der Waals surface area contributed by atoms with Gasteiger partial charge in [-0.25, -0.2) is 9.59 Å². The highest BCUT2D eigenvalue weighted by molar-refractivity contribution is 6.09. The molecule has 1 spiro atoms. The van der Waals surface area contributed by atoms with Gasteiger partial charge in [-0.3, -0.25) is 14.7 Å². The first kappa shape index (κ1) is 19.6. The Hall–Kier alpha value is -2.70. The van der Waals surface area contributed by atoms with E-state index in [2.05, 4.69) is 4.99 Å². The molecular weight excluding hydrogens is 372 g/mol. The highest BCUT2D eigenvalue weighted by atomic mass is 16.6. The number of anilines is 1. The van der Waals surface area contributed by atoms with E-state index in [1.807, 2.05) is 45.0 Å². The predicted octanol–water partition coefficient (Wildman–Crippen LogP) is 3.19. The molecule has 1 aliphatic carbocycles. The predicted molar refractivity (Wildman–Crippen MR) is 107 cm³/mol. The topological polar surface area (TPSA) is 85.3 Å². The summed E-state index contributed by atoms with van der Waals surface area (Å²) in [5, 5.41) is 0. The smallest absolute Gasteiger partial charge is 0.415 e. The lowest BCUT2D eigenvalue weighted by atomic mass is 9.70. The fraction of sp³-hybridized carbons (Fsp3) is 0.545. The number of esters is 1. The lowest BCUT2D eigenvalue weighted by Crippen LogP contribution is -2.51. The summed E-state index contributed by atoms with van der Waals surface area (Å²) in [6.45, 7) is 5.45. The van der Waals surface area contributed by atoms with Gasteiger partial charge in [0.05, 0.1) is 24.3 Å². The lowest BCUT2D eigenvalue weighted by Gasteiger charge is -2.35. The van der Waals surface area contributed by atoms with Crippen LogP contribution in [-0.2, 0) is 24.5 Å². The van der Waals surface area contributed by atoms with Crippen molar-refractivity contribution in [3.05, 3.63) is 29.8 Å². The molecule has 0 saturated heterocycles. The van der Waals surface area contributed by atoms with Gasteiger partial charge in [0.25, 0.3) is 0 Å². The number of carbonyl (C=O) groups is 3. The van der Waals surface area contributed by atoms with Crippen molar-refractivity contribution in [2.45, 2.75) is 69.6 Å². The maximum absolute atomic E-state index is 13.2. The average Bonchev–Trinajstić information content (AvgIpc) is 3.12. The van der Waals surface area contributed by atoms with Gasteiger partial charge in [-0.1, -0.05) is 18.2 Å². The molecule has 4 rings (SSSR count). The molecule has 1 fully saturated rings. The molecule has 7 heteroatoms. The number of ketones is 1. The van der Waals surface area contributed by atoms with Crippen molar-refractivity contribution in [2.75, 3.05) is 12.0 Å². The molecule has 1 aromatic carbocycles. The number of rotatable bonds is 1. The molecule has 0 bridgehead atoms. The Kier molecular flexibility index (Phi) is 4.52. The molecule has 1 amide bonds. The van der Waals surface area contributed by atoms with Gasteiger partial charge in [-0.2, -0.15) is 0 Å². The monoisotopic (exact) mass is 398 g/mol. The van der Waals surface area contributed by atoms with Gasteiger partial charge in [-0.15, -0.1) is 0 Å². The second-order valence-corrected chi connectivity index (χ2v) is 8.92. The fourth-order valence-electron chi connectivity index (χ4n) is 4.93. The standard InChI is InChI=1S/C22H26N2O5/c1-21(2,3)29-20(27)24-16-8-6-5-7-14(16)22-12-15(19(26)28-4)23-17(22)10-9-13(25)11-18(22)24/h5-8,15,18H,9-12H2,1-4H3/t15-,18+,22-/m0/s1. The lowest BCUT2D eigenvalue weighted by molar-refractivity contribution is -0.142. The number of carbonyl (C=O) groups excluding carboxylic acids is 3. The van der Waals surface area contributed by atoms with Crippen LogP contribution < -0.4 is 4.90 Å². The van der Waals surface area contributed by atoms with E-state index in [1.54, 1.807) is 4.90 Å². The minimum Gasteiger partial charge on any atom is -0.467 e. The van der Waals surface area contributed by atoms with E-state index in [1.165, 1.54) is 7.11 Å². The van der Waals surface area contributed by atoms with Gasteiger partial charge < -0.3 is 9.47 Å². The summed E-state index contributed by atoms with van der Waals surface area (Å²) < 4.78 is 10.6. The van der Waals surface area contributed by atoms with Crippen molar-refractivity contribution < 1.29 is 23.9 Å². The van der Waals surface area contributed by atoms with E-state index in [0.29, 0.717) is 19.3 Å². The Morgan fingerprint density at radius 3 is 2.62 bits per heavy atom. The van der Waals surface area contributed by atoms with Crippen molar-refractivity contribution in [2.24, 2.45) is 4.99 Å². The molecular formula is C22H26N2O5. The van der Waals surface area contributed by atoms with Crippen LogP contribution in [-0.4, -0.2) is 48.4 Å². The first-order valence-corrected chi connectivity index (χ1v) is 9.96. The maximum Gasteiger partial charge on any atom is 0.415 e. The number of amides is 1. The molecule has 3 atom stereocenters. The number of hydrogen-bond acceptors (Lipinski definition) is 6. The van der Waals surface area contributed by atoms with Crippen LogP contribution in [0.3, 0.4) is 0 Å². The van der Waals surface area contributed by atoms with Crippen molar-refractivity contribution in [3.63, 3.8) is 0 Å². The van der Waals surface area contributed by atoms with Gasteiger partial charge in [-0.05, 0) is 45.2 Å². The molecule has 0 aromatic heterocycles. The van der Waals surface area contributed by atoms with Gasteiger partial charge in [0.1, 0.15) is 17.4 Å². The Balaban J connectivity index is 1.87. The Morgan fingerprint density at radius 2 is 1.93 bits per heavy atom. The maximum atomic E-state index is 13.2. The fourth-order valence-corrected chi connectivity index (χ4v) is 4.93. The first-order valence-electron chi connectivity index (χ1n) is 9.96. The minimum absolute atomic E-state index is 0.0856. The highest BCUT2D eigenvalue weighted by Crippen LogP contribution is 2.55. The SMILES string of the molecule is COC(=O)[C@@H]1C[C@]23C(=N1)CCC(=O)C[C@H]2N(C(=O)OC(C)(C)C)c1ccccc13. The van der Waals surface area contributed by atoms with Crippen LogP contribution in [0, 0.1) is 0 Å². The van der Waals surface area contributed by atoms with Crippen molar-refractivity contribution >= 4 is 29.2 Å². The molecule has 2 aliphatic heterocycles. The molecule has 29 heavy (non-hydrogen) atoms. The van der Waals surface area contributed by atoms with Crippen molar-refractivity contribution in [1.29, 1.82) is 0 Å². The molecule has 0 N–H and O–H groups in total. The highest BCUT2D eigenvalue weighted by Gasteiger charge is 2.61. The van der Waals surface area contributed by atoms with Crippen LogP contribution >= 0.6 is 0 Å². The number of Topliss-reactive ketones (excluding diaryl/α,β-unsaturated/α-hetero) is 1. The van der Waals surface area contributed by atoms with Crippen LogP contribution in [0.2, 0.25) is 0 Å². The zero-order valence-corrected chi connectivity index (χ0v) is 17.2. The zero-order chi connectivity index (χ0) is 21.0. The number of fused-ring (bicyclic) bond motifs is 1. The molecule has 154 valence electrons. The summed E-state index contributed by atoms with van der Waals surface area (Å²) in [5.74, 6) is -0.305. The summed E-state index contributed by atoms with van der Waals surface area (Å²) in [6.07, 6.45) is 0.959. The number of nitrogens with zero attached hydrogens (tertiary/aromatic N) is 2. The van der Waals surface area contributed by atoms with Crippen LogP contribution in [0.4, 0.5) is 10.5 Å². The van der Waals surface area contributed by atoms with Gasteiger partial charge in [0.2, 0.25) is 0 Å². The Labute approximate surface area is 170 Å². The summed E-state index contributed by atoms with van der Waals surface area (Å²) in [7, 11) is 1.35. The van der Waals surface area contributed by atoms with Gasteiger partial charge in [0.15, 0.2) is 0 Å². The molecule has 7 nitrogen and oxygen atoms in total. The number of para-hydroxylation sites is 1. The van der Waals surface area contributed by atoms with Gasteiger partial charge >= 0.3 is 12.1 Å². The molecule has 0 unspecified atom stereocenters. The summed E-state index contributed by atoms with van der Waals surface area (Å²) >= 11 is 0. The third-order valence-corrected chi connectivity index (χ3v) is 5.99. The zero-order valence-electron chi connectivity index (χ0n) is 17.2. The quantitative estimate of drug-likeness (QED) is 0.678. The van der Waals surface area contributed by atoms with Crippen LogP contribution in [0.1, 0.15) is 52.0 Å². The van der Waals surface area contributed by atoms with E-state index >= 15 is 0 Å². The number of aliphatic imine (C=N–C) groups is 1.